The number of morpholine rings is 1. The van der Waals surface area contributed by atoms with E-state index in [1.165, 1.54) is 15.9 Å². The zero-order valence-corrected chi connectivity index (χ0v) is 26.0. The standard InChI is InChI=1S/C32H35N3O8S/c1-5-41-25-17-21(11-12-24(25)43-19-27(36)34-13-15-40-16-14-34)18-26-30(37)35-29(22-9-7-8-10-23(22)39-4)28(31(38)42-6-2)20(3)33-32(35)44-26/h7-12,17-18,29H,5-6,13-16,19H2,1-4H3/b26-18+/t29-/m1/s1. The fourth-order valence-corrected chi connectivity index (χ4v) is 6.22. The van der Waals surface area contributed by atoms with Gasteiger partial charge in [0.05, 0.1) is 49.3 Å². The van der Waals surface area contributed by atoms with Gasteiger partial charge < -0.3 is 28.6 Å². The summed E-state index contributed by atoms with van der Waals surface area (Å²) < 4.78 is 29.9. The number of methoxy groups -OCH3 is 1. The van der Waals surface area contributed by atoms with E-state index in [0.29, 0.717) is 76.3 Å². The molecule has 2 aliphatic heterocycles. The first-order valence-electron chi connectivity index (χ1n) is 14.4. The monoisotopic (exact) mass is 621 g/mol. The molecule has 0 saturated carbocycles. The van der Waals surface area contributed by atoms with Crippen LogP contribution >= 0.6 is 11.3 Å². The number of rotatable bonds is 10. The minimum atomic E-state index is -0.789. The molecule has 1 fully saturated rings. The molecule has 1 atom stereocenters. The summed E-state index contributed by atoms with van der Waals surface area (Å²) in [6.45, 7) is 7.87. The highest BCUT2D eigenvalue weighted by molar-refractivity contribution is 7.07. The van der Waals surface area contributed by atoms with Gasteiger partial charge in [-0.25, -0.2) is 9.79 Å². The highest BCUT2D eigenvalue weighted by Crippen LogP contribution is 2.35. The van der Waals surface area contributed by atoms with E-state index in [1.807, 2.05) is 25.1 Å². The second-order valence-electron chi connectivity index (χ2n) is 9.97. The van der Waals surface area contributed by atoms with E-state index >= 15 is 0 Å². The van der Waals surface area contributed by atoms with Crippen LogP contribution in [-0.4, -0.2) is 74.6 Å². The molecule has 1 saturated heterocycles. The summed E-state index contributed by atoms with van der Waals surface area (Å²) in [5.74, 6) is 0.757. The van der Waals surface area contributed by atoms with Gasteiger partial charge in [0.1, 0.15) is 11.8 Å². The molecule has 1 aromatic heterocycles. The number of carbonyl (C=O) groups is 2. The fourth-order valence-electron chi connectivity index (χ4n) is 5.17. The smallest absolute Gasteiger partial charge is 0.338 e. The van der Waals surface area contributed by atoms with Crippen molar-refractivity contribution in [1.82, 2.24) is 9.47 Å². The lowest BCUT2D eigenvalue weighted by atomic mass is 9.95. The highest BCUT2D eigenvalue weighted by Gasteiger charge is 2.35. The number of esters is 1. The Morgan fingerprint density at radius 1 is 1.05 bits per heavy atom. The van der Waals surface area contributed by atoms with Gasteiger partial charge in [-0.2, -0.15) is 0 Å². The van der Waals surface area contributed by atoms with E-state index in [9.17, 15) is 14.4 Å². The maximum absolute atomic E-state index is 14.0. The second kappa shape index (κ2) is 13.9. The molecule has 1 amide bonds. The first-order chi connectivity index (χ1) is 21.4. The van der Waals surface area contributed by atoms with Crippen molar-refractivity contribution >= 4 is 29.3 Å². The van der Waals surface area contributed by atoms with Crippen molar-refractivity contribution < 1.29 is 33.3 Å². The predicted molar refractivity (Wildman–Crippen MR) is 164 cm³/mol. The van der Waals surface area contributed by atoms with Crippen LogP contribution in [0.2, 0.25) is 0 Å². The van der Waals surface area contributed by atoms with Crippen molar-refractivity contribution in [1.29, 1.82) is 0 Å². The van der Waals surface area contributed by atoms with Gasteiger partial charge in [0.25, 0.3) is 11.5 Å². The lowest BCUT2D eigenvalue weighted by molar-refractivity contribution is -0.139. The Kier molecular flexibility index (Phi) is 9.81. The summed E-state index contributed by atoms with van der Waals surface area (Å²) in [5.41, 5.74) is 1.78. The molecule has 0 spiro atoms. The van der Waals surface area contributed by atoms with Crippen molar-refractivity contribution in [2.75, 3.05) is 53.2 Å². The number of hydrogen-bond acceptors (Lipinski definition) is 10. The lowest BCUT2D eigenvalue weighted by Crippen LogP contribution is -2.43. The molecule has 3 heterocycles. The van der Waals surface area contributed by atoms with Crippen molar-refractivity contribution in [2.45, 2.75) is 26.8 Å². The van der Waals surface area contributed by atoms with E-state index in [0.717, 1.165) is 0 Å². The van der Waals surface area contributed by atoms with Crippen LogP contribution in [0.15, 0.2) is 63.5 Å². The molecule has 0 radical (unpaired) electrons. The van der Waals surface area contributed by atoms with Gasteiger partial charge >= 0.3 is 5.97 Å². The number of benzene rings is 2. The number of fused-ring (bicyclic) bond motifs is 1. The van der Waals surface area contributed by atoms with Crippen LogP contribution in [0.25, 0.3) is 6.08 Å². The van der Waals surface area contributed by atoms with Gasteiger partial charge in [-0.15, -0.1) is 0 Å². The van der Waals surface area contributed by atoms with Crippen molar-refractivity contribution in [2.24, 2.45) is 4.99 Å². The number of allylic oxidation sites excluding steroid dienone is 1. The SMILES string of the molecule is CCOC(=O)C1=C(C)N=c2s/c(=C/c3ccc(OCC(=O)N4CCOCC4)c(OCC)c3)c(=O)n2[C@@H]1c1ccccc1OC. The van der Waals surface area contributed by atoms with E-state index < -0.39 is 12.0 Å². The number of aromatic nitrogens is 1. The molecule has 0 bridgehead atoms. The Balaban J connectivity index is 1.52. The first-order valence-corrected chi connectivity index (χ1v) is 15.3. The molecule has 0 N–H and O–H groups in total. The van der Waals surface area contributed by atoms with Gasteiger partial charge in [-0.05, 0) is 50.6 Å². The fraction of sp³-hybridized carbons (Fsp3) is 0.375. The number of para-hydroxylation sites is 1. The summed E-state index contributed by atoms with van der Waals surface area (Å²) in [5, 5.41) is 0. The summed E-state index contributed by atoms with van der Waals surface area (Å²) >= 11 is 1.22. The van der Waals surface area contributed by atoms with Gasteiger partial charge in [-0.3, -0.25) is 14.2 Å². The Morgan fingerprint density at radius 2 is 1.82 bits per heavy atom. The zero-order valence-electron chi connectivity index (χ0n) is 25.2. The molecule has 232 valence electrons. The Morgan fingerprint density at radius 3 is 2.55 bits per heavy atom. The Labute approximate surface area is 258 Å². The van der Waals surface area contributed by atoms with E-state index in [2.05, 4.69) is 4.99 Å². The Bertz CT molecular complexity index is 1750. The average Bonchev–Trinajstić information content (AvgIpc) is 3.34. The number of hydrogen-bond donors (Lipinski definition) is 0. The quantitative estimate of drug-likeness (QED) is 0.317. The molecule has 2 aliphatic rings. The molecule has 3 aromatic rings. The summed E-state index contributed by atoms with van der Waals surface area (Å²) in [7, 11) is 1.55. The third-order valence-corrected chi connectivity index (χ3v) is 8.21. The third kappa shape index (κ3) is 6.41. The number of nitrogens with zero attached hydrogens (tertiary/aromatic N) is 3. The van der Waals surface area contributed by atoms with Crippen LogP contribution < -0.4 is 29.1 Å². The molecule has 44 heavy (non-hydrogen) atoms. The van der Waals surface area contributed by atoms with Gasteiger partial charge in [0, 0.05) is 18.7 Å². The van der Waals surface area contributed by atoms with Crippen LogP contribution in [0.3, 0.4) is 0 Å². The van der Waals surface area contributed by atoms with Crippen LogP contribution in [0, 0.1) is 0 Å². The third-order valence-electron chi connectivity index (χ3n) is 7.23. The lowest BCUT2D eigenvalue weighted by Gasteiger charge is -2.26. The van der Waals surface area contributed by atoms with E-state index in [1.54, 1.807) is 56.2 Å². The zero-order chi connectivity index (χ0) is 31.2. The predicted octanol–water partition coefficient (Wildman–Crippen LogP) is 2.44. The Hall–Kier alpha value is -4.42. The molecule has 11 nitrogen and oxygen atoms in total. The summed E-state index contributed by atoms with van der Waals surface area (Å²) in [6.07, 6.45) is 1.75. The molecule has 5 rings (SSSR count). The molecular weight excluding hydrogens is 586 g/mol. The average molecular weight is 622 g/mol. The van der Waals surface area contributed by atoms with Crippen LogP contribution in [0.4, 0.5) is 0 Å². The number of ether oxygens (including phenoxy) is 5. The van der Waals surface area contributed by atoms with Crippen molar-refractivity contribution in [3.8, 4) is 17.2 Å². The molecule has 2 aromatic carbocycles. The molecule has 12 heteroatoms. The topological polar surface area (TPSA) is 118 Å². The summed E-state index contributed by atoms with van der Waals surface area (Å²) in [4.78, 5) is 46.6. The van der Waals surface area contributed by atoms with E-state index in [-0.39, 0.29) is 30.3 Å². The minimum absolute atomic E-state index is 0.122. The molecular formula is C32H35N3O8S. The highest BCUT2D eigenvalue weighted by atomic mass is 32.1. The number of carbonyl (C=O) groups excluding carboxylic acids is 2. The maximum atomic E-state index is 14.0. The van der Waals surface area contributed by atoms with Crippen LogP contribution in [0.1, 0.15) is 37.9 Å². The largest absolute Gasteiger partial charge is 0.496 e. The maximum Gasteiger partial charge on any atom is 0.338 e. The number of amides is 1. The van der Waals surface area contributed by atoms with Crippen LogP contribution in [-0.2, 0) is 19.1 Å². The normalized spacial score (nSPS) is 16.7. The van der Waals surface area contributed by atoms with Gasteiger partial charge in [0.15, 0.2) is 22.9 Å². The van der Waals surface area contributed by atoms with E-state index in [4.69, 9.17) is 23.7 Å². The summed E-state index contributed by atoms with van der Waals surface area (Å²) in [6, 6.07) is 11.8. The first kappa shape index (κ1) is 31.0. The van der Waals surface area contributed by atoms with Gasteiger partial charge in [-0.1, -0.05) is 35.6 Å². The minimum Gasteiger partial charge on any atom is -0.496 e. The molecule has 0 unspecified atom stereocenters. The van der Waals surface area contributed by atoms with Gasteiger partial charge in [0.2, 0.25) is 0 Å². The number of thiazole rings is 1. The second-order valence-corrected chi connectivity index (χ2v) is 11.0. The van der Waals surface area contributed by atoms with Crippen LogP contribution in [0.5, 0.6) is 17.2 Å². The molecule has 0 aliphatic carbocycles. The van der Waals surface area contributed by atoms with Crippen molar-refractivity contribution in [3.63, 3.8) is 0 Å². The van der Waals surface area contributed by atoms with Crippen molar-refractivity contribution in [3.05, 3.63) is 84.5 Å².